The van der Waals surface area contributed by atoms with E-state index in [0.29, 0.717) is 23.7 Å². The average molecular weight is 329 g/mol. The zero-order valence-corrected chi connectivity index (χ0v) is 15.1. The van der Waals surface area contributed by atoms with Crippen molar-refractivity contribution >= 4 is 17.6 Å². The van der Waals surface area contributed by atoms with Crippen LogP contribution in [0.3, 0.4) is 0 Å². The first-order chi connectivity index (χ1) is 11.3. The highest BCUT2D eigenvalue weighted by Crippen LogP contribution is 2.22. The number of rotatable bonds is 4. The van der Waals surface area contributed by atoms with Gasteiger partial charge in [-0.2, -0.15) is 0 Å². The van der Waals surface area contributed by atoms with Crippen molar-refractivity contribution in [3.8, 4) is 0 Å². The molecule has 0 aliphatic carbocycles. The summed E-state index contributed by atoms with van der Waals surface area (Å²) < 4.78 is 0. The number of aryl methyl sites for hydroxylation is 1. The van der Waals surface area contributed by atoms with Crippen molar-refractivity contribution in [3.63, 3.8) is 0 Å². The molecule has 5 heteroatoms. The smallest absolute Gasteiger partial charge is 0.322 e. The van der Waals surface area contributed by atoms with Gasteiger partial charge >= 0.3 is 6.03 Å². The Kier molecular flexibility index (Phi) is 5.65. The van der Waals surface area contributed by atoms with Crippen LogP contribution in [-0.2, 0) is 0 Å². The Morgan fingerprint density at radius 3 is 2.54 bits per heavy atom. The molecule has 1 aromatic carbocycles. The minimum absolute atomic E-state index is 0.0688. The van der Waals surface area contributed by atoms with Crippen LogP contribution in [0.4, 0.5) is 10.5 Å². The zero-order chi connectivity index (χ0) is 17.9. The molecule has 1 aromatic rings. The minimum atomic E-state index is -0.136. The molecule has 0 radical (unpaired) electrons. The summed E-state index contributed by atoms with van der Waals surface area (Å²) >= 11 is 0. The number of carbonyl (C=O) groups excluding carboxylic acids is 2. The molecule has 2 N–H and O–H groups in total. The van der Waals surface area contributed by atoms with Crippen LogP contribution in [-0.4, -0.2) is 35.5 Å². The second-order valence-electron chi connectivity index (χ2n) is 6.90. The van der Waals surface area contributed by atoms with E-state index in [1.165, 1.54) is 0 Å². The van der Waals surface area contributed by atoms with E-state index < -0.39 is 0 Å². The lowest BCUT2D eigenvalue weighted by molar-refractivity contribution is 0.0943. The molecule has 0 unspecified atom stereocenters. The molecule has 1 heterocycles. The van der Waals surface area contributed by atoms with Gasteiger partial charge < -0.3 is 15.5 Å². The summed E-state index contributed by atoms with van der Waals surface area (Å²) in [4.78, 5) is 26.6. The fourth-order valence-electron chi connectivity index (χ4n) is 2.77. The minimum Gasteiger partial charge on any atom is -0.350 e. The van der Waals surface area contributed by atoms with Crippen LogP contribution in [0.5, 0.6) is 0 Å². The van der Waals surface area contributed by atoms with Crippen LogP contribution in [0.15, 0.2) is 30.4 Å². The van der Waals surface area contributed by atoms with E-state index in [-0.39, 0.29) is 24.0 Å². The second kappa shape index (κ2) is 7.51. The summed E-state index contributed by atoms with van der Waals surface area (Å²) in [6.07, 6.45) is 4.09. The van der Waals surface area contributed by atoms with E-state index in [1.54, 1.807) is 12.1 Å². The quantitative estimate of drug-likeness (QED) is 0.830. The van der Waals surface area contributed by atoms with Crippen LogP contribution in [0.2, 0.25) is 0 Å². The average Bonchev–Trinajstić information content (AvgIpc) is 2.98. The molecule has 3 amide bonds. The Hall–Kier alpha value is -2.30. The van der Waals surface area contributed by atoms with Crippen LogP contribution < -0.4 is 10.6 Å². The van der Waals surface area contributed by atoms with Gasteiger partial charge in [0, 0.05) is 23.8 Å². The number of urea groups is 1. The molecule has 1 aliphatic rings. The van der Waals surface area contributed by atoms with Gasteiger partial charge in [0.2, 0.25) is 0 Å². The highest BCUT2D eigenvalue weighted by Gasteiger charge is 2.27. The summed E-state index contributed by atoms with van der Waals surface area (Å²) in [6.45, 7) is 10.6. The summed E-state index contributed by atoms with van der Waals surface area (Å²) in [5.41, 5.74) is 2.15. The van der Waals surface area contributed by atoms with Crippen LogP contribution in [0.1, 0.15) is 43.6 Å². The summed E-state index contributed by atoms with van der Waals surface area (Å²) in [5, 5.41) is 5.82. The van der Waals surface area contributed by atoms with E-state index in [0.717, 1.165) is 5.56 Å². The molecule has 0 bridgehead atoms. The summed E-state index contributed by atoms with van der Waals surface area (Å²) in [6, 6.07) is 5.41. The number of amides is 3. The van der Waals surface area contributed by atoms with Gasteiger partial charge in [0.25, 0.3) is 5.91 Å². The Morgan fingerprint density at radius 2 is 1.92 bits per heavy atom. The monoisotopic (exact) mass is 329 g/mol. The molecule has 0 aromatic heterocycles. The second-order valence-corrected chi connectivity index (χ2v) is 6.90. The van der Waals surface area contributed by atoms with Gasteiger partial charge in [-0.3, -0.25) is 4.79 Å². The van der Waals surface area contributed by atoms with Crippen molar-refractivity contribution in [2.24, 2.45) is 5.92 Å². The first kappa shape index (κ1) is 18.0. The van der Waals surface area contributed by atoms with Crippen LogP contribution in [0.25, 0.3) is 0 Å². The summed E-state index contributed by atoms with van der Waals surface area (Å²) in [5.74, 6) is 0.224. The molecule has 5 nitrogen and oxygen atoms in total. The fraction of sp³-hybridized carbons (Fsp3) is 0.474. The number of nitrogens with one attached hydrogen (secondary N) is 2. The van der Waals surface area contributed by atoms with Gasteiger partial charge in [-0.05, 0) is 44.4 Å². The van der Waals surface area contributed by atoms with Crippen molar-refractivity contribution < 1.29 is 9.59 Å². The fourth-order valence-corrected chi connectivity index (χ4v) is 2.77. The Balaban J connectivity index is 2.14. The Morgan fingerprint density at radius 1 is 1.21 bits per heavy atom. The SMILES string of the molecule is Cc1ccc(C(=O)NC(C)C)cc1NC(=O)N1CC=C[C@H]1C(C)C. The van der Waals surface area contributed by atoms with E-state index in [1.807, 2.05) is 37.8 Å². The highest BCUT2D eigenvalue weighted by molar-refractivity contribution is 5.97. The number of nitrogens with zero attached hydrogens (tertiary/aromatic N) is 1. The molecular formula is C19H27N3O2. The molecular weight excluding hydrogens is 302 g/mol. The molecule has 0 saturated carbocycles. The molecule has 1 aliphatic heterocycles. The topological polar surface area (TPSA) is 61.4 Å². The van der Waals surface area contributed by atoms with Gasteiger partial charge in [-0.15, -0.1) is 0 Å². The Labute approximate surface area is 144 Å². The third-order valence-corrected chi connectivity index (χ3v) is 4.10. The normalized spacial score (nSPS) is 16.8. The van der Waals surface area contributed by atoms with Gasteiger partial charge in [0.15, 0.2) is 0 Å². The number of benzene rings is 1. The first-order valence-corrected chi connectivity index (χ1v) is 8.45. The maximum absolute atomic E-state index is 12.6. The number of anilines is 1. The zero-order valence-electron chi connectivity index (χ0n) is 15.1. The van der Waals surface area contributed by atoms with Crippen molar-refractivity contribution in [2.45, 2.75) is 46.7 Å². The number of hydrogen-bond donors (Lipinski definition) is 2. The maximum Gasteiger partial charge on any atom is 0.322 e. The van der Waals surface area contributed by atoms with Crippen molar-refractivity contribution in [3.05, 3.63) is 41.5 Å². The maximum atomic E-state index is 12.6. The third-order valence-electron chi connectivity index (χ3n) is 4.10. The predicted molar refractivity (Wildman–Crippen MR) is 97.3 cm³/mol. The van der Waals surface area contributed by atoms with E-state index in [2.05, 4.69) is 30.6 Å². The lowest BCUT2D eigenvalue weighted by Gasteiger charge is -2.28. The van der Waals surface area contributed by atoms with Gasteiger partial charge in [0.1, 0.15) is 0 Å². The van der Waals surface area contributed by atoms with Crippen LogP contribution >= 0.6 is 0 Å². The molecule has 0 fully saturated rings. The molecule has 0 spiro atoms. The molecule has 2 rings (SSSR count). The molecule has 130 valence electrons. The van der Waals surface area contributed by atoms with E-state index >= 15 is 0 Å². The Bertz CT molecular complexity index is 650. The van der Waals surface area contributed by atoms with Crippen LogP contribution in [0, 0.1) is 12.8 Å². The van der Waals surface area contributed by atoms with Crippen molar-refractivity contribution in [1.82, 2.24) is 10.2 Å². The molecule has 24 heavy (non-hydrogen) atoms. The predicted octanol–water partition coefficient (Wildman–Crippen LogP) is 3.56. The molecule has 1 atom stereocenters. The summed E-state index contributed by atoms with van der Waals surface area (Å²) in [7, 11) is 0. The van der Waals surface area contributed by atoms with Crippen molar-refractivity contribution in [2.75, 3.05) is 11.9 Å². The lowest BCUT2D eigenvalue weighted by Crippen LogP contribution is -2.41. The lowest BCUT2D eigenvalue weighted by atomic mass is 10.0. The number of hydrogen-bond acceptors (Lipinski definition) is 2. The van der Waals surface area contributed by atoms with Gasteiger partial charge in [-0.25, -0.2) is 4.79 Å². The van der Waals surface area contributed by atoms with E-state index in [9.17, 15) is 9.59 Å². The highest BCUT2D eigenvalue weighted by atomic mass is 16.2. The first-order valence-electron chi connectivity index (χ1n) is 8.45. The van der Waals surface area contributed by atoms with Gasteiger partial charge in [0.05, 0.1) is 6.04 Å². The third kappa shape index (κ3) is 4.16. The standard InChI is InChI=1S/C19H27N3O2/c1-12(2)17-7-6-10-22(17)19(24)21-16-11-15(9-8-14(16)5)18(23)20-13(3)4/h6-9,11-13,17H,10H2,1-5H3,(H,20,23)(H,21,24)/t17-/m0/s1. The van der Waals surface area contributed by atoms with Crippen molar-refractivity contribution in [1.29, 1.82) is 0 Å². The largest absolute Gasteiger partial charge is 0.350 e. The molecule has 0 saturated heterocycles. The van der Waals surface area contributed by atoms with Gasteiger partial charge in [-0.1, -0.05) is 32.1 Å². The number of carbonyl (C=O) groups is 2. The van der Waals surface area contributed by atoms with E-state index in [4.69, 9.17) is 0 Å².